The molecule has 1 heterocycles. The average Bonchev–Trinajstić information content (AvgIpc) is 2.38. The summed E-state index contributed by atoms with van der Waals surface area (Å²) in [5.41, 5.74) is 1.43. The Hall–Kier alpha value is -1.27. The first-order chi connectivity index (χ1) is 9.37. The Morgan fingerprint density at radius 1 is 1.30 bits per heavy atom. The van der Waals surface area contributed by atoms with Crippen molar-refractivity contribution in [3.05, 3.63) is 28.8 Å². The van der Waals surface area contributed by atoms with Gasteiger partial charge in [0.1, 0.15) is 9.84 Å². The van der Waals surface area contributed by atoms with Crippen LogP contribution in [0.1, 0.15) is 18.4 Å². The molecule has 20 heavy (non-hydrogen) atoms. The van der Waals surface area contributed by atoms with Gasteiger partial charge < -0.3 is 10.6 Å². The van der Waals surface area contributed by atoms with Gasteiger partial charge in [-0.2, -0.15) is 0 Å². The number of benzene rings is 1. The highest BCUT2D eigenvalue weighted by Gasteiger charge is 2.24. The molecule has 0 aromatic heterocycles. The third kappa shape index (κ3) is 3.86. The van der Waals surface area contributed by atoms with E-state index >= 15 is 0 Å². The van der Waals surface area contributed by atoms with Crippen LogP contribution in [0.3, 0.4) is 0 Å². The van der Waals surface area contributed by atoms with Crippen LogP contribution in [-0.4, -0.2) is 32.0 Å². The van der Waals surface area contributed by atoms with Crippen molar-refractivity contribution in [1.29, 1.82) is 0 Å². The van der Waals surface area contributed by atoms with Crippen LogP contribution in [0, 0.1) is 6.92 Å². The van der Waals surface area contributed by atoms with Crippen molar-refractivity contribution in [2.75, 3.05) is 16.8 Å². The molecule has 2 N–H and O–H groups in total. The number of aryl methyl sites for hydroxylation is 1. The highest BCUT2D eigenvalue weighted by Crippen LogP contribution is 2.25. The van der Waals surface area contributed by atoms with Gasteiger partial charge in [0, 0.05) is 6.04 Å². The van der Waals surface area contributed by atoms with Crippen LogP contribution in [0.2, 0.25) is 5.02 Å². The first kappa shape index (κ1) is 15.1. The number of hydrogen-bond donors (Lipinski definition) is 2. The van der Waals surface area contributed by atoms with Gasteiger partial charge in [-0.1, -0.05) is 23.7 Å². The summed E-state index contributed by atoms with van der Waals surface area (Å²) in [6, 6.07) is 4.92. The van der Waals surface area contributed by atoms with Crippen molar-refractivity contribution < 1.29 is 13.2 Å². The first-order valence-corrected chi connectivity index (χ1v) is 8.60. The molecule has 0 spiro atoms. The third-order valence-corrected chi connectivity index (χ3v) is 5.55. The minimum Gasteiger partial charge on any atom is -0.335 e. The lowest BCUT2D eigenvalue weighted by molar-refractivity contribution is 0.247. The van der Waals surface area contributed by atoms with Crippen molar-refractivity contribution in [3.8, 4) is 0 Å². The van der Waals surface area contributed by atoms with Crippen LogP contribution in [0.5, 0.6) is 0 Å². The fraction of sp³-hybridized carbons (Fsp3) is 0.462. The van der Waals surface area contributed by atoms with Crippen LogP contribution < -0.4 is 10.6 Å². The van der Waals surface area contributed by atoms with E-state index in [1.54, 1.807) is 6.07 Å². The Balaban J connectivity index is 1.92. The minimum atomic E-state index is -2.92. The number of urea groups is 1. The van der Waals surface area contributed by atoms with E-state index in [2.05, 4.69) is 10.6 Å². The molecule has 1 aliphatic heterocycles. The summed E-state index contributed by atoms with van der Waals surface area (Å²) in [6.07, 6.45) is 0.911. The maximum atomic E-state index is 11.9. The summed E-state index contributed by atoms with van der Waals surface area (Å²) in [7, 11) is -2.92. The number of sulfone groups is 1. The van der Waals surface area contributed by atoms with Gasteiger partial charge >= 0.3 is 6.03 Å². The zero-order chi connectivity index (χ0) is 14.8. The van der Waals surface area contributed by atoms with Gasteiger partial charge in [-0.25, -0.2) is 13.2 Å². The van der Waals surface area contributed by atoms with Gasteiger partial charge in [0.15, 0.2) is 0 Å². The van der Waals surface area contributed by atoms with Crippen LogP contribution in [0.4, 0.5) is 10.5 Å². The molecule has 1 fully saturated rings. The number of carbonyl (C=O) groups is 1. The van der Waals surface area contributed by atoms with Crippen molar-refractivity contribution in [2.45, 2.75) is 25.8 Å². The van der Waals surface area contributed by atoms with Crippen molar-refractivity contribution in [3.63, 3.8) is 0 Å². The predicted molar refractivity (Wildman–Crippen MR) is 80.0 cm³/mol. The molecule has 0 saturated carbocycles. The molecule has 7 heteroatoms. The van der Waals surface area contributed by atoms with Crippen molar-refractivity contribution >= 4 is 33.2 Å². The quantitative estimate of drug-likeness (QED) is 0.879. The van der Waals surface area contributed by atoms with Gasteiger partial charge in [0.25, 0.3) is 0 Å². The summed E-state index contributed by atoms with van der Waals surface area (Å²) in [6.45, 7) is 1.86. The van der Waals surface area contributed by atoms with Gasteiger partial charge in [0.2, 0.25) is 0 Å². The molecule has 2 rings (SSSR count). The fourth-order valence-electron chi connectivity index (χ4n) is 2.12. The van der Waals surface area contributed by atoms with Crippen molar-refractivity contribution in [1.82, 2.24) is 5.32 Å². The van der Waals surface area contributed by atoms with Crippen LogP contribution in [0.15, 0.2) is 18.2 Å². The second kappa shape index (κ2) is 6.01. The lowest BCUT2D eigenvalue weighted by Crippen LogP contribution is -2.42. The topological polar surface area (TPSA) is 75.3 Å². The van der Waals surface area contributed by atoms with E-state index in [1.165, 1.54) is 0 Å². The molecule has 0 atom stereocenters. The Morgan fingerprint density at radius 3 is 2.60 bits per heavy atom. The maximum Gasteiger partial charge on any atom is 0.319 e. The molecule has 2 amide bonds. The van der Waals surface area contributed by atoms with Gasteiger partial charge in [-0.05, 0) is 31.4 Å². The zero-order valence-electron chi connectivity index (χ0n) is 11.1. The number of carbonyl (C=O) groups excluding carboxylic acids is 1. The van der Waals surface area contributed by atoms with Crippen LogP contribution >= 0.6 is 11.6 Å². The molecule has 0 aliphatic carbocycles. The second-order valence-electron chi connectivity index (χ2n) is 4.96. The Morgan fingerprint density at radius 2 is 1.95 bits per heavy atom. The third-order valence-electron chi connectivity index (χ3n) is 3.33. The van der Waals surface area contributed by atoms with Crippen LogP contribution in [-0.2, 0) is 9.84 Å². The Labute approximate surface area is 123 Å². The summed E-state index contributed by atoms with van der Waals surface area (Å²) in [5, 5.41) is 5.97. The standard InChI is InChI=1S/C13H17ClN2O3S/c1-9-3-2-4-11(12(9)14)16-13(17)15-10-5-7-20(18,19)8-6-10/h2-4,10H,5-8H2,1H3,(H2,15,16,17). The molecule has 110 valence electrons. The normalized spacial score (nSPS) is 18.5. The summed E-state index contributed by atoms with van der Waals surface area (Å²) in [4.78, 5) is 11.9. The Kier molecular flexibility index (Phi) is 4.55. The van der Waals surface area contributed by atoms with E-state index < -0.39 is 9.84 Å². The number of rotatable bonds is 2. The van der Waals surface area contributed by atoms with E-state index in [0.717, 1.165) is 5.56 Å². The smallest absolute Gasteiger partial charge is 0.319 e. The van der Waals surface area contributed by atoms with E-state index in [4.69, 9.17) is 11.6 Å². The first-order valence-electron chi connectivity index (χ1n) is 6.40. The molecule has 1 saturated heterocycles. The lowest BCUT2D eigenvalue weighted by Gasteiger charge is -2.23. The number of halogens is 1. The van der Waals surface area contributed by atoms with Crippen LogP contribution in [0.25, 0.3) is 0 Å². The molecule has 1 aromatic carbocycles. The van der Waals surface area contributed by atoms with E-state index in [1.807, 2.05) is 19.1 Å². The molecule has 0 bridgehead atoms. The summed E-state index contributed by atoms with van der Waals surface area (Å²) < 4.78 is 22.6. The zero-order valence-corrected chi connectivity index (χ0v) is 12.7. The van der Waals surface area contributed by atoms with E-state index in [-0.39, 0.29) is 23.6 Å². The van der Waals surface area contributed by atoms with E-state index in [0.29, 0.717) is 23.6 Å². The molecule has 1 aromatic rings. The van der Waals surface area contributed by atoms with Gasteiger partial charge in [-0.3, -0.25) is 0 Å². The number of amides is 2. The lowest BCUT2D eigenvalue weighted by atomic mass is 10.1. The summed E-state index contributed by atoms with van der Waals surface area (Å²) in [5.74, 6) is 0.256. The highest BCUT2D eigenvalue weighted by molar-refractivity contribution is 7.91. The number of nitrogens with one attached hydrogen (secondary N) is 2. The molecule has 0 unspecified atom stereocenters. The molecule has 0 radical (unpaired) electrons. The minimum absolute atomic E-state index is 0.109. The molecule has 1 aliphatic rings. The second-order valence-corrected chi connectivity index (χ2v) is 7.64. The number of hydrogen-bond acceptors (Lipinski definition) is 3. The summed E-state index contributed by atoms with van der Waals surface area (Å²) >= 11 is 6.10. The average molecular weight is 317 g/mol. The monoisotopic (exact) mass is 316 g/mol. The Bertz CT molecular complexity index is 602. The molecule has 5 nitrogen and oxygen atoms in total. The SMILES string of the molecule is Cc1cccc(NC(=O)NC2CCS(=O)(=O)CC2)c1Cl. The maximum absolute atomic E-state index is 11.9. The molecular formula is C13H17ClN2O3S. The molecular weight excluding hydrogens is 300 g/mol. The highest BCUT2D eigenvalue weighted by atomic mass is 35.5. The van der Waals surface area contributed by atoms with E-state index in [9.17, 15) is 13.2 Å². The largest absolute Gasteiger partial charge is 0.335 e. The van der Waals surface area contributed by atoms with Crippen molar-refractivity contribution in [2.24, 2.45) is 0 Å². The fourth-order valence-corrected chi connectivity index (χ4v) is 3.79. The number of anilines is 1. The van der Waals surface area contributed by atoms with Gasteiger partial charge in [-0.15, -0.1) is 0 Å². The van der Waals surface area contributed by atoms with Gasteiger partial charge in [0.05, 0.1) is 22.2 Å². The predicted octanol–water partition coefficient (Wildman–Crippen LogP) is 2.35.